The molecule has 5 nitrogen and oxygen atoms in total. The van der Waals surface area contributed by atoms with Gasteiger partial charge in [0.1, 0.15) is 0 Å². The molecular formula is C8H18N2O3S. The molecular weight excluding hydrogens is 204 g/mol. The Morgan fingerprint density at radius 2 is 2.14 bits per heavy atom. The van der Waals surface area contributed by atoms with Crippen molar-refractivity contribution in [2.24, 2.45) is 0 Å². The molecule has 1 rings (SSSR count). The van der Waals surface area contributed by atoms with Crippen molar-refractivity contribution in [3.05, 3.63) is 0 Å². The van der Waals surface area contributed by atoms with Crippen LogP contribution < -0.4 is 5.32 Å². The van der Waals surface area contributed by atoms with Crippen LogP contribution in [0, 0.1) is 0 Å². The molecule has 0 atom stereocenters. The lowest BCUT2D eigenvalue weighted by Crippen LogP contribution is -2.59. The number of sulfonamides is 1. The maximum Gasteiger partial charge on any atom is 0.216 e. The Labute approximate surface area is 85.5 Å². The first-order chi connectivity index (χ1) is 6.61. The molecule has 1 saturated heterocycles. The number of ether oxygens (including phenoxy) is 1. The minimum absolute atomic E-state index is 0.0772. The third kappa shape index (κ3) is 2.66. The first-order valence-corrected chi connectivity index (χ1v) is 6.42. The summed E-state index contributed by atoms with van der Waals surface area (Å²) in [5, 5.41) is 3.07. The van der Waals surface area contributed by atoms with E-state index in [1.54, 1.807) is 4.31 Å². The van der Waals surface area contributed by atoms with Crippen LogP contribution in [0.3, 0.4) is 0 Å². The molecule has 1 heterocycles. The van der Waals surface area contributed by atoms with Gasteiger partial charge in [0.25, 0.3) is 0 Å². The fourth-order valence-electron chi connectivity index (χ4n) is 1.46. The van der Waals surface area contributed by atoms with Gasteiger partial charge in [-0.1, -0.05) is 6.92 Å². The van der Waals surface area contributed by atoms with Crippen molar-refractivity contribution < 1.29 is 13.2 Å². The molecule has 0 radical (unpaired) electrons. The number of likely N-dealkylation sites (N-methyl/N-ethyl adjacent to an activating group) is 1. The maximum atomic E-state index is 11.8. The monoisotopic (exact) mass is 222 g/mol. The summed E-state index contributed by atoms with van der Waals surface area (Å²) in [6, 6.07) is 0.141. The molecule has 84 valence electrons. The Bertz CT molecular complexity index is 262. The average molecular weight is 222 g/mol. The Kier molecular flexibility index (Phi) is 4.31. The van der Waals surface area contributed by atoms with Gasteiger partial charge in [-0.15, -0.1) is 0 Å². The molecule has 1 aliphatic heterocycles. The molecule has 0 spiro atoms. The topological polar surface area (TPSA) is 58.6 Å². The molecule has 6 heteroatoms. The van der Waals surface area contributed by atoms with Gasteiger partial charge in [-0.3, -0.25) is 0 Å². The highest BCUT2D eigenvalue weighted by molar-refractivity contribution is 7.89. The van der Waals surface area contributed by atoms with Crippen molar-refractivity contribution in [1.29, 1.82) is 0 Å². The van der Waals surface area contributed by atoms with Crippen LogP contribution in [-0.4, -0.2) is 57.9 Å². The summed E-state index contributed by atoms with van der Waals surface area (Å²) in [7, 11) is -1.62. The van der Waals surface area contributed by atoms with Crippen molar-refractivity contribution in [3.63, 3.8) is 0 Å². The number of nitrogens with one attached hydrogen (secondary N) is 1. The van der Waals surface area contributed by atoms with Gasteiger partial charge in [-0.05, 0) is 0 Å². The lowest BCUT2D eigenvalue weighted by atomic mass is 10.2. The molecule has 0 aromatic carbocycles. The van der Waals surface area contributed by atoms with E-state index in [1.807, 2.05) is 6.92 Å². The van der Waals surface area contributed by atoms with Gasteiger partial charge in [-0.2, -0.15) is 4.31 Å². The summed E-state index contributed by atoms with van der Waals surface area (Å²) in [5.74, 6) is 0.0772. The molecule has 14 heavy (non-hydrogen) atoms. The third-order valence-electron chi connectivity index (χ3n) is 2.38. The molecule has 1 aliphatic rings. The van der Waals surface area contributed by atoms with Gasteiger partial charge in [0.15, 0.2) is 0 Å². The highest BCUT2D eigenvalue weighted by Gasteiger charge is 2.31. The van der Waals surface area contributed by atoms with Gasteiger partial charge in [0.05, 0.1) is 12.4 Å². The number of hydrogen-bond acceptors (Lipinski definition) is 4. The highest BCUT2D eigenvalue weighted by atomic mass is 32.2. The molecule has 0 aromatic rings. The van der Waals surface area contributed by atoms with Gasteiger partial charge < -0.3 is 10.1 Å². The average Bonchev–Trinajstić information content (AvgIpc) is 2.07. The van der Waals surface area contributed by atoms with E-state index in [0.717, 1.165) is 13.1 Å². The summed E-state index contributed by atoms with van der Waals surface area (Å²) in [6.45, 7) is 4.19. The van der Waals surface area contributed by atoms with Gasteiger partial charge >= 0.3 is 0 Å². The highest BCUT2D eigenvalue weighted by Crippen LogP contribution is 2.11. The Morgan fingerprint density at radius 1 is 1.50 bits per heavy atom. The Balaban J connectivity index is 2.57. The molecule has 1 N–H and O–H groups in total. The van der Waals surface area contributed by atoms with E-state index >= 15 is 0 Å². The van der Waals surface area contributed by atoms with Gasteiger partial charge in [-0.25, -0.2) is 8.42 Å². The zero-order valence-corrected chi connectivity index (χ0v) is 9.51. The summed E-state index contributed by atoms with van der Waals surface area (Å²) in [5.41, 5.74) is 0. The largest absolute Gasteiger partial charge is 0.384 e. The van der Waals surface area contributed by atoms with E-state index in [1.165, 1.54) is 7.11 Å². The molecule has 1 fully saturated rings. The van der Waals surface area contributed by atoms with E-state index in [2.05, 4.69) is 5.32 Å². The zero-order valence-electron chi connectivity index (χ0n) is 8.69. The third-order valence-corrected chi connectivity index (χ3v) is 4.34. The number of rotatable bonds is 6. The van der Waals surface area contributed by atoms with Crippen LogP contribution in [0.1, 0.15) is 6.92 Å². The maximum absolute atomic E-state index is 11.8. The quantitative estimate of drug-likeness (QED) is 0.643. The van der Waals surface area contributed by atoms with Crippen LogP contribution in [0.15, 0.2) is 0 Å². The summed E-state index contributed by atoms with van der Waals surface area (Å²) >= 11 is 0. The summed E-state index contributed by atoms with van der Waals surface area (Å²) < 4.78 is 29.9. The standard InChI is InChI=1S/C8H18N2O3S/c1-3-10(8-6-9-7-8)14(11,12)5-4-13-2/h8-9H,3-7H2,1-2H3. The Morgan fingerprint density at radius 3 is 2.50 bits per heavy atom. The van der Waals surface area contributed by atoms with Crippen LogP contribution in [0.5, 0.6) is 0 Å². The first kappa shape index (κ1) is 11.9. The van der Waals surface area contributed by atoms with Crippen molar-refractivity contribution >= 4 is 10.0 Å². The van der Waals surface area contributed by atoms with E-state index in [4.69, 9.17) is 4.74 Å². The number of methoxy groups -OCH3 is 1. The molecule has 0 unspecified atom stereocenters. The second kappa shape index (κ2) is 5.06. The predicted molar refractivity (Wildman–Crippen MR) is 54.7 cm³/mol. The van der Waals surface area contributed by atoms with E-state index in [0.29, 0.717) is 6.54 Å². The number of nitrogens with zero attached hydrogens (tertiary/aromatic N) is 1. The minimum Gasteiger partial charge on any atom is -0.384 e. The molecule has 0 aliphatic carbocycles. The van der Waals surface area contributed by atoms with Crippen molar-refractivity contribution in [1.82, 2.24) is 9.62 Å². The first-order valence-electron chi connectivity index (χ1n) is 4.81. The van der Waals surface area contributed by atoms with E-state index in [-0.39, 0.29) is 18.4 Å². The SMILES string of the molecule is CCN(C1CNC1)S(=O)(=O)CCOC. The van der Waals surface area contributed by atoms with Crippen LogP contribution in [0.2, 0.25) is 0 Å². The van der Waals surface area contributed by atoms with Crippen molar-refractivity contribution in [2.75, 3.05) is 39.1 Å². The molecule has 0 amide bonds. The van der Waals surface area contributed by atoms with Gasteiger partial charge in [0.2, 0.25) is 10.0 Å². The molecule has 0 aromatic heterocycles. The fourth-order valence-corrected chi connectivity index (χ4v) is 3.07. The number of hydrogen-bond donors (Lipinski definition) is 1. The van der Waals surface area contributed by atoms with Gasteiger partial charge in [0, 0.05) is 32.8 Å². The lowest BCUT2D eigenvalue weighted by molar-refractivity contribution is 0.210. The predicted octanol–water partition coefficient (Wildman–Crippen LogP) is -0.744. The van der Waals surface area contributed by atoms with Crippen LogP contribution in [-0.2, 0) is 14.8 Å². The molecule has 0 saturated carbocycles. The second-order valence-electron chi connectivity index (χ2n) is 3.32. The van der Waals surface area contributed by atoms with Crippen LogP contribution in [0.25, 0.3) is 0 Å². The smallest absolute Gasteiger partial charge is 0.216 e. The second-order valence-corrected chi connectivity index (χ2v) is 5.37. The summed E-state index contributed by atoms with van der Waals surface area (Å²) in [4.78, 5) is 0. The lowest BCUT2D eigenvalue weighted by Gasteiger charge is -2.36. The van der Waals surface area contributed by atoms with E-state index < -0.39 is 10.0 Å². The fraction of sp³-hybridized carbons (Fsp3) is 1.00. The van der Waals surface area contributed by atoms with E-state index in [9.17, 15) is 8.42 Å². The van der Waals surface area contributed by atoms with Crippen LogP contribution in [0.4, 0.5) is 0 Å². The molecule has 0 bridgehead atoms. The Hall–Kier alpha value is -0.170. The van der Waals surface area contributed by atoms with Crippen LogP contribution >= 0.6 is 0 Å². The minimum atomic E-state index is -3.13. The van der Waals surface area contributed by atoms with Crippen molar-refractivity contribution in [2.45, 2.75) is 13.0 Å². The summed E-state index contributed by atoms with van der Waals surface area (Å²) in [6.07, 6.45) is 0. The van der Waals surface area contributed by atoms with Crippen molar-refractivity contribution in [3.8, 4) is 0 Å². The zero-order chi connectivity index (χ0) is 10.6. The normalized spacial score (nSPS) is 18.5.